The first-order valence-electron chi connectivity index (χ1n) is 7.32. The number of nitrogens with zero attached hydrogens (tertiary/aromatic N) is 2. The van der Waals surface area contributed by atoms with Crippen molar-refractivity contribution in [1.29, 1.82) is 0 Å². The maximum atomic E-state index is 13.2. The molecule has 1 aromatic carbocycles. The van der Waals surface area contributed by atoms with E-state index in [9.17, 15) is 4.39 Å². The summed E-state index contributed by atoms with van der Waals surface area (Å²) < 4.78 is 19.7. The summed E-state index contributed by atoms with van der Waals surface area (Å²) >= 11 is 3.57. The molecule has 2 aliphatic rings. The van der Waals surface area contributed by atoms with E-state index in [1.54, 1.807) is 6.07 Å². The van der Waals surface area contributed by atoms with E-state index in [0.29, 0.717) is 12.3 Å². The van der Waals surface area contributed by atoms with E-state index in [1.807, 2.05) is 24.4 Å². The molecule has 0 amide bonds. The highest BCUT2D eigenvalue weighted by atomic mass is 79.9. The Morgan fingerprint density at radius 1 is 1.33 bits per heavy atom. The minimum Gasteiger partial charge on any atom is -0.408 e. The van der Waals surface area contributed by atoms with Gasteiger partial charge >= 0.3 is 6.01 Å². The number of hydrogen-bond acceptors (Lipinski definition) is 6. The number of rotatable bonds is 4. The maximum Gasteiger partial charge on any atom is 0.320 e. The topological polar surface area (TPSA) is 75.0 Å². The third-order valence-electron chi connectivity index (χ3n) is 3.70. The van der Waals surface area contributed by atoms with Crippen molar-refractivity contribution in [2.45, 2.75) is 12.5 Å². The minimum absolute atomic E-state index is 0.135. The molecule has 2 aromatic rings. The molecule has 0 spiro atoms. The molecular formula is C16H13BrFN5O. The molecule has 1 unspecified atom stereocenters. The van der Waals surface area contributed by atoms with Crippen LogP contribution in [0.25, 0.3) is 0 Å². The van der Waals surface area contributed by atoms with Crippen LogP contribution in [-0.4, -0.2) is 16.2 Å². The van der Waals surface area contributed by atoms with E-state index in [-0.39, 0.29) is 17.9 Å². The van der Waals surface area contributed by atoms with Crippen molar-refractivity contribution in [2.24, 2.45) is 0 Å². The maximum absolute atomic E-state index is 13.2. The van der Waals surface area contributed by atoms with Gasteiger partial charge in [0.15, 0.2) is 0 Å². The monoisotopic (exact) mass is 389 g/mol. The second-order valence-electron chi connectivity index (χ2n) is 5.39. The van der Waals surface area contributed by atoms with Crippen molar-refractivity contribution < 1.29 is 8.81 Å². The van der Waals surface area contributed by atoms with Crippen LogP contribution in [0.5, 0.6) is 0 Å². The lowest BCUT2D eigenvalue weighted by Gasteiger charge is -2.17. The lowest BCUT2D eigenvalue weighted by Crippen LogP contribution is -2.31. The number of hydrazine groups is 1. The number of allylic oxidation sites excluding steroid dienone is 1. The molecule has 0 saturated heterocycles. The fraction of sp³-hybridized carbons (Fsp3) is 0.125. The fourth-order valence-electron chi connectivity index (χ4n) is 2.56. The van der Waals surface area contributed by atoms with Crippen LogP contribution in [0.4, 0.5) is 10.4 Å². The summed E-state index contributed by atoms with van der Waals surface area (Å²) in [5.74, 6) is 0.134. The predicted molar refractivity (Wildman–Crippen MR) is 90.4 cm³/mol. The minimum atomic E-state index is -0.284. The third kappa shape index (κ3) is 2.98. The first-order chi connectivity index (χ1) is 11.7. The van der Waals surface area contributed by atoms with E-state index in [4.69, 9.17) is 4.42 Å². The van der Waals surface area contributed by atoms with E-state index in [2.05, 4.69) is 42.3 Å². The summed E-state index contributed by atoms with van der Waals surface area (Å²) in [7, 11) is 0. The average Bonchev–Trinajstić information content (AvgIpc) is 3.20. The van der Waals surface area contributed by atoms with Gasteiger partial charge in [-0.3, -0.25) is 0 Å². The van der Waals surface area contributed by atoms with Gasteiger partial charge < -0.3 is 15.2 Å². The molecule has 0 saturated carbocycles. The highest BCUT2D eigenvalue weighted by molar-refractivity contribution is 9.12. The molecule has 1 atom stereocenters. The number of nitrogens with one attached hydrogen (secondary N) is 3. The summed E-state index contributed by atoms with van der Waals surface area (Å²) in [5, 5.41) is 11.1. The lowest BCUT2D eigenvalue weighted by molar-refractivity contribution is 0.519. The zero-order valence-electron chi connectivity index (χ0n) is 12.4. The number of hydrogen-bond donors (Lipinski definition) is 3. The van der Waals surface area contributed by atoms with E-state index >= 15 is 0 Å². The largest absolute Gasteiger partial charge is 0.408 e. The summed E-state index contributed by atoms with van der Waals surface area (Å²) in [5.41, 5.74) is 8.77. The smallest absolute Gasteiger partial charge is 0.320 e. The Bertz CT molecular complexity index is 873. The van der Waals surface area contributed by atoms with Gasteiger partial charge in [-0.2, -0.15) is 0 Å². The van der Waals surface area contributed by atoms with Gasteiger partial charge in [0.1, 0.15) is 5.82 Å². The molecule has 0 radical (unpaired) electrons. The SMILES string of the molecule is Fc1cccc(Cc2nnc(NC3=C(Br)C4=CNNC4C=C3)o2)c1. The zero-order valence-corrected chi connectivity index (χ0v) is 14.0. The van der Waals surface area contributed by atoms with Crippen LogP contribution in [0.2, 0.25) is 0 Å². The molecule has 24 heavy (non-hydrogen) atoms. The van der Waals surface area contributed by atoms with Crippen LogP contribution in [-0.2, 0) is 6.42 Å². The van der Waals surface area contributed by atoms with E-state index < -0.39 is 0 Å². The molecule has 3 N–H and O–H groups in total. The molecular weight excluding hydrogens is 377 g/mol. The first-order valence-corrected chi connectivity index (χ1v) is 8.11. The first kappa shape index (κ1) is 15.1. The van der Waals surface area contributed by atoms with Gasteiger partial charge in [0, 0.05) is 16.3 Å². The van der Waals surface area contributed by atoms with Crippen LogP contribution in [0.15, 0.2) is 62.8 Å². The molecule has 0 bridgehead atoms. The van der Waals surface area contributed by atoms with Crippen LogP contribution in [0.3, 0.4) is 0 Å². The summed E-state index contributed by atoms with van der Waals surface area (Å²) in [6, 6.07) is 6.75. The number of halogens is 2. The van der Waals surface area contributed by atoms with Gasteiger partial charge in [-0.1, -0.05) is 23.3 Å². The molecule has 6 nitrogen and oxygen atoms in total. The Balaban J connectivity index is 1.49. The van der Waals surface area contributed by atoms with Crippen molar-refractivity contribution in [1.82, 2.24) is 21.0 Å². The highest BCUT2D eigenvalue weighted by Crippen LogP contribution is 2.31. The van der Waals surface area contributed by atoms with E-state index in [1.165, 1.54) is 12.1 Å². The van der Waals surface area contributed by atoms with Gasteiger partial charge in [0.2, 0.25) is 5.89 Å². The number of fused-ring (bicyclic) bond motifs is 1. The quantitative estimate of drug-likeness (QED) is 0.746. The Kier molecular flexibility index (Phi) is 3.91. The Hall–Kier alpha value is -2.45. The third-order valence-corrected chi connectivity index (χ3v) is 4.58. The number of benzene rings is 1. The summed E-state index contributed by atoms with van der Waals surface area (Å²) in [6.45, 7) is 0. The number of aromatic nitrogens is 2. The second-order valence-corrected chi connectivity index (χ2v) is 6.18. The lowest BCUT2D eigenvalue weighted by atomic mass is 10.0. The van der Waals surface area contributed by atoms with Gasteiger partial charge in [-0.15, -0.1) is 5.10 Å². The van der Waals surface area contributed by atoms with Gasteiger partial charge in [0.05, 0.1) is 18.2 Å². The van der Waals surface area contributed by atoms with Gasteiger partial charge in [-0.05, 0) is 39.7 Å². The normalized spacial score (nSPS) is 19.1. The summed E-state index contributed by atoms with van der Waals surface area (Å²) in [6.07, 6.45) is 6.22. The summed E-state index contributed by atoms with van der Waals surface area (Å²) in [4.78, 5) is 0. The Labute approximate surface area is 145 Å². The average molecular weight is 390 g/mol. The van der Waals surface area contributed by atoms with Gasteiger partial charge in [0.25, 0.3) is 0 Å². The molecule has 4 rings (SSSR count). The predicted octanol–water partition coefficient (Wildman–Crippen LogP) is 2.75. The van der Waals surface area contributed by atoms with Crippen LogP contribution < -0.4 is 16.2 Å². The fourth-order valence-corrected chi connectivity index (χ4v) is 3.15. The van der Waals surface area contributed by atoms with Crippen molar-refractivity contribution >= 4 is 21.9 Å². The van der Waals surface area contributed by atoms with Crippen molar-refractivity contribution in [3.8, 4) is 0 Å². The van der Waals surface area contributed by atoms with Crippen LogP contribution in [0, 0.1) is 5.82 Å². The highest BCUT2D eigenvalue weighted by Gasteiger charge is 2.24. The molecule has 0 fully saturated rings. The van der Waals surface area contributed by atoms with Gasteiger partial charge in [-0.25, -0.2) is 9.82 Å². The van der Waals surface area contributed by atoms with Crippen LogP contribution in [0.1, 0.15) is 11.5 Å². The van der Waals surface area contributed by atoms with E-state index in [0.717, 1.165) is 21.3 Å². The molecule has 122 valence electrons. The van der Waals surface area contributed by atoms with Crippen molar-refractivity contribution in [2.75, 3.05) is 5.32 Å². The number of anilines is 1. The zero-order chi connectivity index (χ0) is 16.5. The standard InChI is InChI=1S/C16H13BrFN5O/c17-15-11-8-19-21-12(11)4-5-13(15)20-16-23-22-14(24-16)7-9-2-1-3-10(18)6-9/h1-6,8,12,19,21H,7H2,(H,20,23). The molecule has 2 heterocycles. The molecule has 1 aliphatic heterocycles. The molecule has 8 heteroatoms. The van der Waals surface area contributed by atoms with Crippen molar-refractivity contribution in [3.05, 3.63) is 75.6 Å². The second kappa shape index (κ2) is 6.21. The van der Waals surface area contributed by atoms with Crippen LogP contribution >= 0.6 is 15.9 Å². The molecule has 1 aromatic heterocycles. The van der Waals surface area contributed by atoms with Crippen molar-refractivity contribution in [3.63, 3.8) is 0 Å². The Morgan fingerprint density at radius 3 is 3.12 bits per heavy atom. The molecule has 1 aliphatic carbocycles. The Morgan fingerprint density at radius 2 is 2.25 bits per heavy atom.